The Kier molecular flexibility index (Phi) is 3.62. The lowest BCUT2D eigenvalue weighted by Gasteiger charge is -2.27. The van der Waals surface area contributed by atoms with E-state index in [2.05, 4.69) is 34.9 Å². The maximum atomic E-state index is 6.07. The van der Waals surface area contributed by atoms with E-state index in [0.717, 1.165) is 11.6 Å². The Balaban J connectivity index is 1.76. The van der Waals surface area contributed by atoms with Gasteiger partial charge in [0.05, 0.1) is 0 Å². The zero-order valence-corrected chi connectivity index (χ0v) is 11.5. The van der Waals surface area contributed by atoms with Gasteiger partial charge < -0.3 is 15.4 Å². The molecular formula is C16H22N2O. The first-order valence-corrected chi connectivity index (χ1v) is 7.29. The molecule has 2 N–H and O–H groups in total. The first kappa shape index (κ1) is 12.4. The van der Waals surface area contributed by atoms with Crippen LogP contribution in [0, 0.1) is 5.92 Å². The van der Waals surface area contributed by atoms with Gasteiger partial charge in [0.15, 0.2) is 6.23 Å². The van der Waals surface area contributed by atoms with Gasteiger partial charge in [-0.05, 0) is 12.8 Å². The van der Waals surface area contributed by atoms with Gasteiger partial charge in [-0.25, -0.2) is 0 Å². The summed E-state index contributed by atoms with van der Waals surface area (Å²) in [4.78, 5) is 0. The van der Waals surface area contributed by atoms with Gasteiger partial charge in [-0.1, -0.05) is 49.6 Å². The highest BCUT2D eigenvalue weighted by Gasteiger charge is 2.32. The lowest BCUT2D eigenvalue weighted by molar-refractivity contribution is 0.0477. The van der Waals surface area contributed by atoms with Crippen LogP contribution < -0.4 is 10.6 Å². The number of rotatable bonds is 3. The second-order valence-electron chi connectivity index (χ2n) is 5.40. The van der Waals surface area contributed by atoms with E-state index in [1.165, 1.54) is 37.7 Å². The van der Waals surface area contributed by atoms with Gasteiger partial charge in [-0.2, -0.15) is 0 Å². The fraction of sp³-hybridized carbons (Fsp3) is 0.500. The molecular weight excluding hydrogens is 236 g/mol. The van der Waals surface area contributed by atoms with Crippen molar-refractivity contribution >= 4 is 5.70 Å². The Morgan fingerprint density at radius 3 is 2.53 bits per heavy atom. The molecule has 1 aromatic carbocycles. The number of benzene rings is 1. The summed E-state index contributed by atoms with van der Waals surface area (Å²) in [6.07, 6.45) is 6.73. The molecule has 19 heavy (non-hydrogen) atoms. The van der Waals surface area contributed by atoms with Crippen LogP contribution in [0.15, 0.2) is 36.2 Å². The normalized spacial score (nSPS) is 23.9. The second kappa shape index (κ2) is 5.55. The van der Waals surface area contributed by atoms with Crippen molar-refractivity contribution in [2.24, 2.45) is 5.92 Å². The highest BCUT2D eigenvalue weighted by Crippen LogP contribution is 2.33. The highest BCUT2D eigenvalue weighted by molar-refractivity contribution is 5.67. The maximum absolute atomic E-state index is 6.07. The van der Waals surface area contributed by atoms with Crippen molar-refractivity contribution in [3.05, 3.63) is 41.8 Å². The summed E-state index contributed by atoms with van der Waals surface area (Å²) >= 11 is 0. The molecule has 0 saturated heterocycles. The molecule has 3 heteroatoms. The van der Waals surface area contributed by atoms with E-state index in [4.69, 9.17) is 4.74 Å². The van der Waals surface area contributed by atoms with Gasteiger partial charge in [0, 0.05) is 18.5 Å². The van der Waals surface area contributed by atoms with E-state index in [1.807, 2.05) is 13.1 Å². The molecule has 3 nitrogen and oxygen atoms in total. The Morgan fingerprint density at radius 1 is 1.11 bits per heavy atom. The average molecular weight is 258 g/mol. The highest BCUT2D eigenvalue weighted by atomic mass is 16.5. The Bertz CT molecular complexity index is 449. The van der Waals surface area contributed by atoms with Crippen LogP contribution in [-0.4, -0.2) is 13.3 Å². The van der Waals surface area contributed by atoms with Crippen LogP contribution in [0.5, 0.6) is 0 Å². The van der Waals surface area contributed by atoms with E-state index in [0.29, 0.717) is 5.92 Å². The van der Waals surface area contributed by atoms with Crippen LogP contribution in [0.2, 0.25) is 0 Å². The first-order valence-electron chi connectivity index (χ1n) is 7.29. The third kappa shape index (κ3) is 2.55. The third-order valence-electron chi connectivity index (χ3n) is 4.13. The minimum atomic E-state index is 0.137. The minimum Gasteiger partial charge on any atom is -0.454 e. The van der Waals surface area contributed by atoms with Crippen LogP contribution >= 0.6 is 0 Å². The molecule has 1 aliphatic carbocycles. The molecule has 0 amide bonds. The SMILES string of the molecule is CNC1=C(c2ccccc2)NC(C2CCCCC2)O1. The van der Waals surface area contributed by atoms with Crippen molar-refractivity contribution < 1.29 is 4.74 Å². The lowest BCUT2D eigenvalue weighted by Crippen LogP contribution is -2.33. The van der Waals surface area contributed by atoms with Crippen molar-refractivity contribution in [2.45, 2.75) is 38.3 Å². The van der Waals surface area contributed by atoms with Crippen molar-refractivity contribution in [3.63, 3.8) is 0 Å². The number of nitrogens with one attached hydrogen (secondary N) is 2. The van der Waals surface area contributed by atoms with E-state index >= 15 is 0 Å². The molecule has 1 aromatic rings. The summed E-state index contributed by atoms with van der Waals surface area (Å²) in [5.41, 5.74) is 2.28. The van der Waals surface area contributed by atoms with Crippen LogP contribution in [0.25, 0.3) is 5.70 Å². The molecule has 2 aliphatic rings. The van der Waals surface area contributed by atoms with E-state index < -0.39 is 0 Å². The predicted octanol–water partition coefficient (Wildman–Crippen LogP) is 3.06. The van der Waals surface area contributed by atoms with Gasteiger partial charge >= 0.3 is 0 Å². The topological polar surface area (TPSA) is 33.3 Å². The lowest BCUT2D eigenvalue weighted by atomic mass is 9.88. The van der Waals surface area contributed by atoms with Crippen molar-refractivity contribution in [1.29, 1.82) is 0 Å². The quantitative estimate of drug-likeness (QED) is 0.874. The third-order valence-corrected chi connectivity index (χ3v) is 4.13. The van der Waals surface area contributed by atoms with Crippen molar-refractivity contribution in [1.82, 2.24) is 10.6 Å². The first-order chi connectivity index (χ1) is 9.38. The van der Waals surface area contributed by atoms with E-state index in [9.17, 15) is 0 Å². The fourth-order valence-corrected chi connectivity index (χ4v) is 3.08. The largest absolute Gasteiger partial charge is 0.454 e. The Labute approximate surface area is 115 Å². The van der Waals surface area contributed by atoms with Crippen molar-refractivity contribution in [2.75, 3.05) is 7.05 Å². The zero-order chi connectivity index (χ0) is 13.1. The molecule has 0 spiro atoms. The number of ether oxygens (including phenoxy) is 1. The van der Waals surface area contributed by atoms with Gasteiger partial charge in [-0.15, -0.1) is 0 Å². The second-order valence-corrected chi connectivity index (χ2v) is 5.40. The molecule has 3 rings (SSSR count). The minimum absolute atomic E-state index is 0.137. The summed E-state index contributed by atoms with van der Waals surface area (Å²) in [5, 5.41) is 6.75. The number of hydrogen-bond donors (Lipinski definition) is 2. The average Bonchev–Trinajstić information content (AvgIpc) is 2.93. The molecule has 1 fully saturated rings. The predicted molar refractivity (Wildman–Crippen MR) is 77.0 cm³/mol. The smallest absolute Gasteiger partial charge is 0.213 e. The summed E-state index contributed by atoms with van der Waals surface area (Å²) in [7, 11) is 1.92. The van der Waals surface area contributed by atoms with Crippen LogP contribution in [0.1, 0.15) is 37.7 Å². The van der Waals surface area contributed by atoms with Gasteiger partial charge in [-0.3, -0.25) is 0 Å². The molecule has 0 radical (unpaired) electrons. The standard InChI is InChI=1S/C16H22N2O/c1-17-16-14(12-8-4-2-5-9-12)18-15(19-16)13-10-6-3-7-11-13/h2,4-5,8-9,13,15,17-18H,3,6-7,10-11H2,1H3. The van der Waals surface area contributed by atoms with Gasteiger partial charge in [0.25, 0.3) is 0 Å². The van der Waals surface area contributed by atoms with Gasteiger partial charge in [0.2, 0.25) is 5.88 Å². The monoisotopic (exact) mass is 258 g/mol. The van der Waals surface area contributed by atoms with Crippen LogP contribution in [-0.2, 0) is 4.74 Å². The molecule has 1 unspecified atom stereocenters. The zero-order valence-electron chi connectivity index (χ0n) is 11.5. The van der Waals surface area contributed by atoms with Crippen molar-refractivity contribution in [3.8, 4) is 0 Å². The molecule has 1 aliphatic heterocycles. The molecule has 1 heterocycles. The molecule has 0 aromatic heterocycles. The Morgan fingerprint density at radius 2 is 1.84 bits per heavy atom. The summed E-state index contributed by atoms with van der Waals surface area (Å²) in [6.45, 7) is 0. The molecule has 0 bridgehead atoms. The number of hydrogen-bond acceptors (Lipinski definition) is 3. The summed E-state index contributed by atoms with van der Waals surface area (Å²) < 4.78 is 6.07. The van der Waals surface area contributed by atoms with Crippen LogP contribution in [0.3, 0.4) is 0 Å². The molecule has 102 valence electrons. The molecule has 1 saturated carbocycles. The summed E-state index contributed by atoms with van der Waals surface area (Å²) in [5.74, 6) is 1.51. The maximum Gasteiger partial charge on any atom is 0.213 e. The van der Waals surface area contributed by atoms with E-state index in [1.54, 1.807) is 0 Å². The summed E-state index contributed by atoms with van der Waals surface area (Å²) in [6, 6.07) is 10.4. The molecule has 1 atom stereocenters. The van der Waals surface area contributed by atoms with Crippen LogP contribution in [0.4, 0.5) is 0 Å². The van der Waals surface area contributed by atoms with Gasteiger partial charge in [0.1, 0.15) is 5.70 Å². The Hall–Kier alpha value is -1.64. The van der Waals surface area contributed by atoms with E-state index in [-0.39, 0.29) is 6.23 Å². The fourth-order valence-electron chi connectivity index (χ4n) is 3.08.